The number of nitrogens with zero attached hydrogens (tertiary/aromatic N) is 2. The molecule has 3 aromatic rings. The lowest BCUT2D eigenvalue weighted by molar-refractivity contribution is 0.123. The zero-order valence-corrected chi connectivity index (χ0v) is 17.1. The maximum absolute atomic E-state index is 12.1. The molecule has 148 valence electrons. The molecule has 0 atom stereocenters. The van der Waals surface area contributed by atoms with E-state index in [9.17, 15) is 4.79 Å². The first-order chi connectivity index (χ1) is 13.7. The van der Waals surface area contributed by atoms with Crippen LogP contribution in [-0.2, 0) is 11.2 Å². The standard InChI is InChI=1S/C19H21N3O4S2/c1-24-15-5-4-14(22-8-10-25-11-9-22)17-16(15)21-19(28-17)26-18(23)20-7-6-13-3-2-12-27-13/h2-5,12H,6-11H2,1H3,(H,20,23). The lowest BCUT2D eigenvalue weighted by Crippen LogP contribution is -2.36. The van der Waals surface area contributed by atoms with Crippen LogP contribution < -0.4 is 19.7 Å². The largest absolute Gasteiger partial charge is 0.494 e. The second kappa shape index (κ2) is 8.76. The number of rotatable bonds is 6. The fraction of sp³-hybridized carbons (Fsp3) is 0.368. The summed E-state index contributed by atoms with van der Waals surface area (Å²) < 4.78 is 17.3. The molecule has 2 aromatic heterocycles. The van der Waals surface area contributed by atoms with Crippen LogP contribution in [0, 0.1) is 0 Å². The van der Waals surface area contributed by atoms with Crippen LogP contribution in [0.3, 0.4) is 0 Å². The number of ether oxygens (including phenoxy) is 3. The summed E-state index contributed by atoms with van der Waals surface area (Å²) in [5.41, 5.74) is 1.77. The molecule has 0 bridgehead atoms. The smallest absolute Gasteiger partial charge is 0.414 e. The van der Waals surface area contributed by atoms with Crippen LogP contribution in [0.4, 0.5) is 10.5 Å². The Hall–Kier alpha value is -2.36. The predicted octanol–water partition coefficient (Wildman–Crippen LogP) is 3.53. The van der Waals surface area contributed by atoms with E-state index in [1.807, 2.05) is 29.6 Å². The third-order valence-corrected chi connectivity index (χ3v) is 6.33. The van der Waals surface area contributed by atoms with Gasteiger partial charge in [-0.3, -0.25) is 0 Å². The molecule has 1 amide bonds. The molecule has 7 nitrogen and oxygen atoms in total. The van der Waals surface area contributed by atoms with Gasteiger partial charge in [-0.05, 0) is 30.0 Å². The molecule has 28 heavy (non-hydrogen) atoms. The summed E-state index contributed by atoms with van der Waals surface area (Å²) in [5, 5.41) is 5.10. The quantitative estimate of drug-likeness (QED) is 0.659. The Balaban J connectivity index is 1.48. The van der Waals surface area contributed by atoms with Crippen molar-refractivity contribution in [3.63, 3.8) is 0 Å². The minimum atomic E-state index is -0.498. The number of thiophene rings is 1. The van der Waals surface area contributed by atoms with E-state index >= 15 is 0 Å². The normalized spacial score (nSPS) is 14.2. The van der Waals surface area contributed by atoms with Gasteiger partial charge < -0.3 is 24.4 Å². The lowest BCUT2D eigenvalue weighted by atomic mass is 10.2. The van der Waals surface area contributed by atoms with Crippen LogP contribution in [0.25, 0.3) is 10.2 Å². The number of hydrogen-bond donors (Lipinski definition) is 1. The third-order valence-electron chi connectivity index (χ3n) is 4.44. The molecule has 0 saturated carbocycles. The average Bonchev–Trinajstić information content (AvgIpc) is 3.37. The van der Waals surface area contributed by atoms with E-state index < -0.39 is 6.09 Å². The molecule has 4 rings (SSSR count). The van der Waals surface area contributed by atoms with Crippen molar-refractivity contribution in [1.29, 1.82) is 0 Å². The van der Waals surface area contributed by atoms with Gasteiger partial charge in [-0.1, -0.05) is 17.4 Å². The maximum atomic E-state index is 12.1. The second-order valence-corrected chi connectivity index (χ2v) is 8.18. The highest BCUT2D eigenvalue weighted by Crippen LogP contribution is 2.40. The number of anilines is 1. The summed E-state index contributed by atoms with van der Waals surface area (Å²) in [6.07, 6.45) is 0.282. The summed E-state index contributed by atoms with van der Waals surface area (Å²) >= 11 is 3.02. The number of aromatic nitrogens is 1. The lowest BCUT2D eigenvalue weighted by Gasteiger charge is -2.29. The number of thiazole rings is 1. The van der Waals surface area contributed by atoms with Crippen LogP contribution in [0.1, 0.15) is 4.88 Å². The van der Waals surface area contributed by atoms with Crippen LogP contribution in [0.15, 0.2) is 29.6 Å². The molecule has 0 radical (unpaired) electrons. The van der Waals surface area contributed by atoms with E-state index in [1.54, 1.807) is 18.4 Å². The predicted molar refractivity (Wildman–Crippen MR) is 111 cm³/mol. The summed E-state index contributed by atoms with van der Waals surface area (Å²) in [6, 6.07) is 7.97. The van der Waals surface area contributed by atoms with Crippen molar-refractivity contribution in [2.75, 3.05) is 44.9 Å². The SMILES string of the molecule is COc1ccc(N2CCOCC2)c2sc(OC(=O)NCCc3cccs3)nc12. The monoisotopic (exact) mass is 419 g/mol. The molecule has 9 heteroatoms. The second-order valence-electron chi connectivity index (χ2n) is 6.19. The van der Waals surface area contributed by atoms with Crippen molar-refractivity contribution >= 4 is 44.7 Å². The van der Waals surface area contributed by atoms with Crippen LogP contribution in [-0.4, -0.2) is 51.0 Å². The summed E-state index contributed by atoms with van der Waals surface area (Å²) in [7, 11) is 1.61. The molecule has 0 spiro atoms. The molecular weight excluding hydrogens is 398 g/mol. The number of hydrogen-bond acceptors (Lipinski definition) is 8. The van der Waals surface area contributed by atoms with Crippen molar-refractivity contribution in [3.8, 4) is 10.9 Å². The molecule has 1 aliphatic heterocycles. The first-order valence-corrected chi connectivity index (χ1v) is 10.7. The van der Waals surface area contributed by atoms with Gasteiger partial charge in [0.15, 0.2) is 0 Å². The number of fused-ring (bicyclic) bond motifs is 1. The minimum absolute atomic E-state index is 0.308. The van der Waals surface area contributed by atoms with Crippen molar-refractivity contribution < 1.29 is 19.0 Å². The summed E-state index contributed by atoms with van der Waals surface area (Å²) in [5.74, 6) is 0.663. The number of nitrogens with one attached hydrogen (secondary N) is 1. The Morgan fingerprint density at radius 2 is 2.18 bits per heavy atom. The van der Waals surface area contributed by atoms with Crippen molar-refractivity contribution in [2.45, 2.75) is 6.42 Å². The molecule has 1 aliphatic rings. The third kappa shape index (κ3) is 4.21. The Morgan fingerprint density at radius 3 is 2.93 bits per heavy atom. The number of amides is 1. The van der Waals surface area contributed by atoms with Gasteiger partial charge in [-0.25, -0.2) is 4.79 Å². The molecule has 1 fully saturated rings. The molecule has 1 N–H and O–H groups in total. The van der Waals surface area contributed by atoms with Gasteiger partial charge in [0.1, 0.15) is 11.3 Å². The first-order valence-electron chi connectivity index (χ1n) is 9.03. The zero-order chi connectivity index (χ0) is 19.3. The van der Waals surface area contributed by atoms with E-state index in [1.165, 1.54) is 16.2 Å². The molecule has 0 aliphatic carbocycles. The van der Waals surface area contributed by atoms with Gasteiger partial charge in [-0.15, -0.1) is 11.3 Å². The van der Waals surface area contributed by atoms with E-state index in [-0.39, 0.29) is 0 Å². The Bertz CT molecular complexity index is 936. The van der Waals surface area contributed by atoms with E-state index in [0.717, 1.165) is 29.9 Å². The first kappa shape index (κ1) is 19.0. The van der Waals surface area contributed by atoms with Gasteiger partial charge in [0, 0.05) is 24.5 Å². The van der Waals surface area contributed by atoms with E-state index in [4.69, 9.17) is 14.2 Å². The van der Waals surface area contributed by atoms with Gasteiger partial charge >= 0.3 is 6.09 Å². The van der Waals surface area contributed by atoms with Gasteiger partial charge in [0.2, 0.25) is 0 Å². The summed E-state index contributed by atoms with van der Waals surface area (Å²) in [4.78, 5) is 20.1. The summed E-state index contributed by atoms with van der Waals surface area (Å²) in [6.45, 7) is 3.55. The topological polar surface area (TPSA) is 72.9 Å². The fourth-order valence-corrected chi connectivity index (χ4v) is 4.75. The Kier molecular flexibility index (Phi) is 5.94. The molecule has 3 heterocycles. The fourth-order valence-electron chi connectivity index (χ4n) is 3.07. The highest BCUT2D eigenvalue weighted by Gasteiger charge is 2.20. The highest BCUT2D eigenvalue weighted by molar-refractivity contribution is 7.21. The minimum Gasteiger partial charge on any atom is -0.494 e. The van der Waals surface area contributed by atoms with Gasteiger partial charge in [-0.2, -0.15) is 4.98 Å². The average molecular weight is 420 g/mol. The van der Waals surface area contributed by atoms with Gasteiger partial charge in [0.25, 0.3) is 5.19 Å². The molecule has 1 aromatic carbocycles. The highest BCUT2D eigenvalue weighted by atomic mass is 32.1. The zero-order valence-electron chi connectivity index (χ0n) is 15.5. The molecule has 0 unspecified atom stereocenters. The number of morpholine rings is 1. The number of benzene rings is 1. The number of carbonyl (C=O) groups excluding carboxylic acids is 1. The van der Waals surface area contributed by atoms with Crippen LogP contribution in [0.5, 0.6) is 10.9 Å². The van der Waals surface area contributed by atoms with E-state index in [2.05, 4.69) is 15.2 Å². The maximum Gasteiger partial charge on any atom is 0.414 e. The molecular formula is C19H21N3O4S2. The van der Waals surface area contributed by atoms with Crippen molar-refractivity contribution in [1.82, 2.24) is 10.3 Å². The van der Waals surface area contributed by atoms with Gasteiger partial charge in [0.05, 0.1) is 30.7 Å². The molecule has 1 saturated heterocycles. The Morgan fingerprint density at radius 1 is 1.32 bits per heavy atom. The Labute approximate surface area is 170 Å². The van der Waals surface area contributed by atoms with Crippen LogP contribution >= 0.6 is 22.7 Å². The van der Waals surface area contributed by atoms with E-state index in [0.29, 0.717) is 36.2 Å². The van der Waals surface area contributed by atoms with Crippen molar-refractivity contribution in [2.24, 2.45) is 0 Å². The van der Waals surface area contributed by atoms with Crippen LogP contribution in [0.2, 0.25) is 0 Å². The number of carbonyl (C=O) groups is 1. The van der Waals surface area contributed by atoms with Crippen molar-refractivity contribution in [3.05, 3.63) is 34.5 Å². The number of methoxy groups -OCH3 is 1.